The SMILES string of the molecule is COc1cccc2c(C)cc(-n3nc(C)cc3Nc3ncnc4c3cnn4-c3ccccc3)nc12. The highest BCUT2D eigenvalue weighted by atomic mass is 16.5. The summed E-state index contributed by atoms with van der Waals surface area (Å²) >= 11 is 0. The highest BCUT2D eigenvalue weighted by Crippen LogP contribution is 2.30. The van der Waals surface area contributed by atoms with Crippen molar-refractivity contribution in [3.05, 3.63) is 84.4 Å². The molecule has 0 unspecified atom stereocenters. The third-order valence-corrected chi connectivity index (χ3v) is 5.88. The van der Waals surface area contributed by atoms with Gasteiger partial charge in [0.25, 0.3) is 0 Å². The van der Waals surface area contributed by atoms with Crippen LogP contribution >= 0.6 is 0 Å². The second-order valence-corrected chi connectivity index (χ2v) is 8.21. The highest BCUT2D eigenvalue weighted by Gasteiger charge is 2.16. The van der Waals surface area contributed by atoms with E-state index in [9.17, 15) is 0 Å². The molecule has 2 aromatic carbocycles. The molecule has 0 aliphatic heterocycles. The molecule has 0 bridgehead atoms. The molecule has 4 heterocycles. The number of anilines is 2. The van der Waals surface area contributed by atoms with Gasteiger partial charge in [-0.3, -0.25) is 0 Å². The minimum atomic E-state index is 0.633. The van der Waals surface area contributed by atoms with Crippen LogP contribution in [0.4, 0.5) is 11.6 Å². The van der Waals surface area contributed by atoms with Gasteiger partial charge in [0.15, 0.2) is 11.5 Å². The van der Waals surface area contributed by atoms with Crippen molar-refractivity contribution in [2.45, 2.75) is 13.8 Å². The molecular formula is C26H22N8O. The Bertz CT molecular complexity index is 1690. The average Bonchev–Trinajstić information content (AvgIpc) is 3.48. The largest absolute Gasteiger partial charge is 0.494 e. The fourth-order valence-corrected chi connectivity index (χ4v) is 4.23. The fourth-order valence-electron chi connectivity index (χ4n) is 4.23. The zero-order chi connectivity index (χ0) is 23.9. The molecule has 9 nitrogen and oxygen atoms in total. The fraction of sp³-hybridized carbons (Fsp3) is 0.115. The standard InChI is InChI=1S/C26H22N8O/c1-16-12-22(30-24-19(16)10-7-11-21(24)35-3)34-23(13-17(2)32-34)31-25-20-14-29-33(26(20)28-15-27-25)18-8-5-4-6-9-18/h4-15H,1-3H3,(H,27,28,31). The molecule has 4 aromatic heterocycles. The predicted octanol–water partition coefficient (Wildman–Crippen LogP) is 4.92. The van der Waals surface area contributed by atoms with Crippen molar-refractivity contribution in [1.82, 2.24) is 34.5 Å². The molecule has 0 atom stereocenters. The topological polar surface area (TPSA) is 95.6 Å². The zero-order valence-corrected chi connectivity index (χ0v) is 19.5. The number of para-hydroxylation sites is 2. The maximum absolute atomic E-state index is 5.56. The Morgan fingerprint density at radius 3 is 2.57 bits per heavy atom. The van der Waals surface area contributed by atoms with Gasteiger partial charge in [-0.25, -0.2) is 19.6 Å². The summed E-state index contributed by atoms with van der Waals surface area (Å²) in [4.78, 5) is 13.8. The van der Waals surface area contributed by atoms with Gasteiger partial charge in [0.1, 0.15) is 29.2 Å². The maximum Gasteiger partial charge on any atom is 0.168 e. The van der Waals surface area contributed by atoms with E-state index in [4.69, 9.17) is 14.8 Å². The summed E-state index contributed by atoms with van der Waals surface area (Å²) in [7, 11) is 1.65. The Morgan fingerprint density at radius 2 is 1.74 bits per heavy atom. The van der Waals surface area contributed by atoms with Crippen molar-refractivity contribution in [2.24, 2.45) is 0 Å². The van der Waals surface area contributed by atoms with Crippen molar-refractivity contribution in [2.75, 3.05) is 12.4 Å². The van der Waals surface area contributed by atoms with Crippen molar-refractivity contribution in [1.29, 1.82) is 0 Å². The van der Waals surface area contributed by atoms with Crippen molar-refractivity contribution in [3.8, 4) is 17.3 Å². The van der Waals surface area contributed by atoms with Crippen LogP contribution < -0.4 is 10.1 Å². The summed E-state index contributed by atoms with van der Waals surface area (Å²) in [6.07, 6.45) is 3.30. The van der Waals surface area contributed by atoms with E-state index in [0.717, 1.165) is 44.8 Å². The van der Waals surface area contributed by atoms with Gasteiger partial charge in [0.05, 0.1) is 30.1 Å². The van der Waals surface area contributed by atoms with Crippen LogP contribution in [-0.4, -0.2) is 41.6 Å². The second kappa shape index (κ2) is 8.21. The molecule has 6 rings (SSSR count). The third kappa shape index (κ3) is 3.54. The number of benzene rings is 2. The Labute approximate surface area is 201 Å². The van der Waals surface area contributed by atoms with Gasteiger partial charge in [0.2, 0.25) is 0 Å². The molecule has 0 saturated heterocycles. The van der Waals surface area contributed by atoms with E-state index in [1.807, 2.05) is 67.6 Å². The second-order valence-electron chi connectivity index (χ2n) is 8.21. The molecular weight excluding hydrogens is 440 g/mol. The summed E-state index contributed by atoms with van der Waals surface area (Å²) < 4.78 is 9.14. The Hall–Kier alpha value is -4.79. The summed E-state index contributed by atoms with van der Waals surface area (Å²) in [6.45, 7) is 4.00. The first kappa shape index (κ1) is 20.8. The molecule has 0 spiro atoms. The van der Waals surface area contributed by atoms with E-state index < -0.39 is 0 Å². The Kier molecular flexibility index (Phi) is 4.88. The van der Waals surface area contributed by atoms with Gasteiger partial charge in [-0.1, -0.05) is 30.3 Å². The minimum Gasteiger partial charge on any atom is -0.494 e. The summed E-state index contributed by atoms with van der Waals surface area (Å²) in [6, 6.07) is 19.8. The normalized spacial score (nSPS) is 11.3. The van der Waals surface area contributed by atoms with Gasteiger partial charge in [-0.15, -0.1) is 0 Å². The Balaban J connectivity index is 1.45. The number of methoxy groups -OCH3 is 1. The number of hydrogen-bond donors (Lipinski definition) is 1. The number of aromatic nitrogens is 7. The first-order valence-electron chi connectivity index (χ1n) is 11.1. The lowest BCUT2D eigenvalue weighted by atomic mass is 10.1. The van der Waals surface area contributed by atoms with Crippen LogP contribution in [-0.2, 0) is 0 Å². The lowest BCUT2D eigenvalue weighted by molar-refractivity contribution is 0.419. The van der Waals surface area contributed by atoms with E-state index in [0.29, 0.717) is 17.3 Å². The number of hydrogen-bond acceptors (Lipinski definition) is 7. The van der Waals surface area contributed by atoms with Crippen LogP contribution in [0, 0.1) is 13.8 Å². The molecule has 35 heavy (non-hydrogen) atoms. The van der Waals surface area contributed by atoms with E-state index in [1.54, 1.807) is 22.7 Å². The third-order valence-electron chi connectivity index (χ3n) is 5.88. The zero-order valence-electron chi connectivity index (χ0n) is 19.5. The van der Waals surface area contributed by atoms with Crippen LogP contribution in [0.1, 0.15) is 11.3 Å². The first-order chi connectivity index (χ1) is 17.1. The molecule has 0 fully saturated rings. The molecule has 0 amide bonds. The quantitative estimate of drug-likeness (QED) is 0.389. The number of pyridine rings is 1. The van der Waals surface area contributed by atoms with E-state index in [-0.39, 0.29) is 0 Å². The van der Waals surface area contributed by atoms with Crippen LogP contribution in [0.25, 0.3) is 33.4 Å². The summed E-state index contributed by atoms with van der Waals surface area (Å²) in [5, 5.41) is 14.5. The van der Waals surface area contributed by atoms with E-state index in [2.05, 4.69) is 27.3 Å². The van der Waals surface area contributed by atoms with Crippen molar-refractivity contribution < 1.29 is 4.74 Å². The van der Waals surface area contributed by atoms with E-state index in [1.165, 1.54) is 6.33 Å². The van der Waals surface area contributed by atoms with Gasteiger partial charge in [-0.2, -0.15) is 14.9 Å². The molecule has 0 radical (unpaired) electrons. The number of fused-ring (bicyclic) bond motifs is 2. The summed E-state index contributed by atoms with van der Waals surface area (Å²) in [5.74, 6) is 2.77. The molecule has 172 valence electrons. The number of aryl methyl sites for hydroxylation is 2. The molecule has 6 aromatic rings. The summed E-state index contributed by atoms with van der Waals surface area (Å²) in [5.41, 5.74) is 4.35. The molecule has 0 aliphatic carbocycles. The van der Waals surface area contributed by atoms with Crippen molar-refractivity contribution >= 4 is 33.6 Å². The molecule has 1 N–H and O–H groups in total. The van der Waals surface area contributed by atoms with E-state index >= 15 is 0 Å². The smallest absolute Gasteiger partial charge is 0.168 e. The van der Waals surface area contributed by atoms with Crippen LogP contribution in [0.15, 0.2) is 73.2 Å². The molecule has 9 heteroatoms. The Morgan fingerprint density at radius 1 is 0.886 bits per heavy atom. The monoisotopic (exact) mass is 462 g/mol. The average molecular weight is 463 g/mol. The van der Waals surface area contributed by atoms with Gasteiger partial charge >= 0.3 is 0 Å². The first-order valence-corrected chi connectivity index (χ1v) is 11.1. The van der Waals surface area contributed by atoms with Gasteiger partial charge in [0, 0.05) is 11.5 Å². The highest BCUT2D eigenvalue weighted by molar-refractivity contribution is 5.90. The lowest BCUT2D eigenvalue weighted by Crippen LogP contribution is -2.07. The lowest BCUT2D eigenvalue weighted by Gasteiger charge is -2.12. The molecule has 0 aliphatic rings. The number of rotatable bonds is 5. The predicted molar refractivity (Wildman–Crippen MR) is 135 cm³/mol. The van der Waals surface area contributed by atoms with Crippen LogP contribution in [0.3, 0.4) is 0 Å². The molecule has 0 saturated carbocycles. The maximum atomic E-state index is 5.56. The number of ether oxygens (including phenoxy) is 1. The van der Waals surface area contributed by atoms with Crippen LogP contribution in [0.2, 0.25) is 0 Å². The number of nitrogens with one attached hydrogen (secondary N) is 1. The minimum absolute atomic E-state index is 0.633. The number of nitrogens with zero attached hydrogens (tertiary/aromatic N) is 7. The van der Waals surface area contributed by atoms with Crippen LogP contribution in [0.5, 0.6) is 5.75 Å². The van der Waals surface area contributed by atoms with Gasteiger partial charge < -0.3 is 10.1 Å². The van der Waals surface area contributed by atoms with Crippen molar-refractivity contribution in [3.63, 3.8) is 0 Å². The van der Waals surface area contributed by atoms with Gasteiger partial charge in [-0.05, 0) is 43.7 Å².